The average molecular weight is 324 g/mol. The van der Waals surface area contributed by atoms with Crippen LogP contribution in [0.1, 0.15) is 36.5 Å². The Morgan fingerprint density at radius 1 is 1.09 bits per heavy atom. The Labute approximate surface area is 133 Å². The summed E-state index contributed by atoms with van der Waals surface area (Å²) in [5.74, 6) is 0.185. The van der Waals surface area contributed by atoms with Gasteiger partial charge < -0.3 is 4.90 Å². The summed E-state index contributed by atoms with van der Waals surface area (Å²) in [6, 6.07) is 9.15. The minimum Gasteiger partial charge on any atom is -0.337 e. The fourth-order valence-corrected chi connectivity index (χ4v) is 4.27. The molecule has 6 heteroatoms. The van der Waals surface area contributed by atoms with E-state index in [-0.39, 0.29) is 11.7 Å². The normalized spacial score (nSPS) is 17.2. The summed E-state index contributed by atoms with van der Waals surface area (Å²) in [6.07, 6.45) is 2.24. The predicted octanol–water partition coefficient (Wildman–Crippen LogP) is 1.96. The molecule has 1 aliphatic heterocycles. The summed E-state index contributed by atoms with van der Waals surface area (Å²) in [7, 11) is -3.19. The zero-order valence-corrected chi connectivity index (χ0v) is 13.9. The van der Waals surface area contributed by atoms with E-state index in [9.17, 15) is 13.2 Å². The van der Waals surface area contributed by atoms with Crippen LogP contribution in [0.5, 0.6) is 0 Å². The van der Waals surface area contributed by atoms with Crippen LogP contribution in [0.25, 0.3) is 0 Å². The van der Waals surface area contributed by atoms with E-state index in [2.05, 4.69) is 0 Å². The minimum atomic E-state index is -3.19. The van der Waals surface area contributed by atoms with Crippen molar-refractivity contribution >= 4 is 15.9 Å². The molecule has 0 radical (unpaired) electrons. The minimum absolute atomic E-state index is 0.0200. The first-order valence-corrected chi connectivity index (χ1v) is 9.47. The fraction of sp³-hybridized carbons (Fsp3) is 0.562. The number of benzene rings is 1. The summed E-state index contributed by atoms with van der Waals surface area (Å²) in [5.41, 5.74) is 0.657. The van der Waals surface area contributed by atoms with Gasteiger partial charge in [0.1, 0.15) is 0 Å². The molecule has 0 aromatic heterocycles. The van der Waals surface area contributed by atoms with E-state index in [4.69, 9.17) is 0 Å². The fourth-order valence-electron chi connectivity index (χ4n) is 2.59. The van der Waals surface area contributed by atoms with Crippen LogP contribution in [-0.4, -0.2) is 55.5 Å². The molecule has 0 aliphatic carbocycles. The zero-order valence-electron chi connectivity index (χ0n) is 13.1. The van der Waals surface area contributed by atoms with Crippen molar-refractivity contribution in [3.05, 3.63) is 35.9 Å². The van der Waals surface area contributed by atoms with Gasteiger partial charge in [-0.1, -0.05) is 31.5 Å². The molecule has 0 saturated carbocycles. The van der Waals surface area contributed by atoms with Crippen LogP contribution in [0.2, 0.25) is 0 Å². The maximum atomic E-state index is 12.4. The topological polar surface area (TPSA) is 57.7 Å². The molecular formula is C16H24N2O3S. The molecule has 22 heavy (non-hydrogen) atoms. The number of hydrogen-bond donors (Lipinski definition) is 0. The molecule has 2 rings (SSSR count). The van der Waals surface area contributed by atoms with E-state index in [1.165, 1.54) is 0 Å². The molecule has 0 bridgehead atoms. The van der Waals surface area contributed by atoms with Gasteiger partial charge in [-0.2, -0.15) is 0 Å². The molecule has 1 amide bonds. The third kappa shape index (κ3) is 4.30. The summed E-state index contributed by atoms with van der Waals surface area (Å²) in [4.78, 5) is 14.2. The second-order valence-electron chi connectivity index (χ2n) is 5.58. The molecule has 5 nitrogen and oxygen atoms in total. The first kappa shape index (κ1) is 17.0. The third-order valence-corrected chi connectivity index (χ3v) is 5.87. The smallest absolute Gasteiger partial charge is 0.253 e. The van der Waals surface area contributed by atoms with E-state index in [0.29, 0.717) is 44.6 Å². The number of nitrogens with zero attached hydrogens (tertiary/aromatic N) is 2. The lowest BCUT2D eigenvalue weighted by atomic mass is 10.2. The van der Waals surface area contributed by atoms with Gasteiger partial charge >= 0.3 is 0 Å². The largest absolute Gasteiger partial charge is 0.337 e. The molecule has 0 spiro atoms. The highest BCUT2D eigenvalue weighted by Gasteiger charge is 2.26. The number of unbranched alkanes of at least 4 members (excludes halogenated alkanes) is 1. The maximum absolute atomic E-state index is 12.4. The molecule has 0 atom stereocenters. The van der Waals surface area contributed by atoms with Gasteiger partial charge in [-0.25, -0.2) is 12.7 Å². The van der Waals surface area contributed by atoms with Crippen molar-refractivity contribution in [1.82, 2.24) is 9.21 Å². The highest BCUT2D eigenvalue weighted by atomic mass is 32.2. The molecule has 1 saturated heterocycles. The van der Waals surface area contributed by atoms with Crippen LogP contribution in [0.15, 0.2) is 30.3 Å². The summed E-state index contributed by atoms with van der Waals surface area (Å²) in [6.45, 7) is 3.94. The molecule has 1 fully saturated rings. The zero-order chi connectivity index (χ0) is 16.0. The number of rotatable bonds is 5. The summed E-state index contributed by atoms with van der Waals surface area (Å²) in [5, 5.41) is 0. The molecule has 1 heterocycles. The van der Waals surface area contributed by atoms with Gasteiger partial charge in [0, 0.05) is 31.7 Å². The van der Waals surface area contributed by atoms with Crippen molar-refractivity contribution < 1.29 is 13.2 Å². The number of carbonyl (C=O) groups excluding carboxylic acids is 1. The lowest BCUT2D eigenvalue weighted by Crippen LogP contribution is -2.38. The van der Waals surface area contributed by atoms with Gasteiger partial charge in [0.2, 0.25) is 10.0 Å². The van der Waals surface area contributed by atoms with Crippen LogP contribution < -0.4 is 0 Å². The molecule has 1 aromatic rings. The van der Waals surface area contributed by atoms with Gasteiger partial charge in [-0.15, -0.1) is 0 Å². The quantitative estimate of drug-likeness (QED) is 0.832. The van der Waals surface area contributed by atoms with Crippen LogP contribution in [0.3, 0.4) is 0 Å². The average Bonchev–Trinajstić information content (AvgIpc) is 2.80. The van der Waals surface area contributed by atoms with Gasteiger partial charge in [0.15, 0.2) is 0 Å². The van der Waals surface area contributed by atoms with E-state index in [1.54, 1.807) is 21.3 Å². The van der Waals surface area contributed by atoms with E-state index in [1.807, 2.05) is 25.1 Å². The molecule has 122 valence electrons. The number of amides is 1. The lowest BCUT2D eigenvalue weighted by Gasteiger charge is -2.22. The van der Waals surface area contributed by atoms with Crippen LogP contribution in [0, 0.1) is 0 Å². The van der Waals surface area contributed by atoms with Gasteiger partial charge in [0.05, 0.1) is 5.75 Å². The van der Waals surface area contributed by atoms with Gasteiger partial charge in [0.25, 0.3) is 5.91 Å². The van der Waals surface area contributed by atoms with E-state index in [0.717, 1.165) is 6.42 Å². The Kier molecular flexibility index (Phi) is 5.97. The molecular weight excluding hydrogens is 300 g/mol. The summed E-state index contributed by atoms with van der Waals surface area (Å²) < 4.78 is 26.1. The molecule has 1 aromatic carbocycles. The lowest BCUT2D eigenvalue weighted by molar-refractivity contribution is 0.0764. The van der Waals surface area contributed by atoms with E-state index < -0.39 is 10.0 Å². The van der Waals surface area contributed by atoms with Crippen molar-refractivity contribution in [2.24, 2.45) is 0 Å². The first-order chi connectivity index (χ1) is 10.5. The first-order valence-electron chi connectivity index (χ1n) is 7.87. The Morgan fingerprint density at radius 3 is 2.50 bits per heavy atom. The monoisotopic (exact) mass is 324 g/mol. The van der Waals surface area contributed by atoms with Gasteiger partial charge in [-0.05, 0) is 25.0 Å². The molecule has 1 aliphatic rings. The van der Waals surface area contributed by atoms with Crippen LogP contribution >= 0.6 is 0 Å². The molecule has 0 N–H and O–H groups in total. The SMILES string of the molecule is CCCCS(=O)(=O)N1CCCN(C(=O)c2ccccc2)CC1. The highest BCUT2D eigenvalue weighted by Crippen LogP contribution is 2.13. The number of hydrogen-bond acceptors (Lipinski definition) is 3. The van der Waals surface area contributed by atoms with Crippen LogP contribution in [0.4, 0.5) is 0 Å². The van der Waals surface area contributed by atoms with E-state index >= 15 is 0 Å². The number of carbonyl (C=O) groups is 1. The second kappa shape index (κ2) is 7.74. The summed E-state index contributed by atoms with van der Waals surface area (Å²) >= 11 is 0. The highest BCUT2D eigenvalue weighted by molar-refractivity contribution is 7.89. The Morgan fingerprint density at radius 2 is 1.82 bits per heavy atom. The van der Waals surface area contributed by atoms with Crippen molar-refractivity contribution in [2.75, 3.05) is 31.9 Å². The van der Waals surface area contributed by atoms with Crippen molar-refractivity contribution in [1.29, 1.82) is 0 Å². The van der Waals surface area contributed by atoms with Gasteiger partial charge in [-0.3, -0.25) is 4.79 Å². The third-order valence-electron chi connectivity index (χ3n) is 3.91. The van der Waals surface area contributed by atoms with Crippen molar-refractivity contribution in [2.45, 2.75) is 26.2 Å². The maximum Gasteiger partial charge on any atom is 0.253 e. The van der Waals surface area contributed by atoms with Crippen molar-refractivity contribution in [3.63, 3.8) is 0 Å². The number of sulfonamides is 1. The van der Waals surface area contributed by atoms with Crippen LogP contribution in [-0.2, 0) is 10.0 Å². The second-order valence-corrected chi connectivity index (χ2v) is 7.67. The Bertz CT molecular complexity index is 587. The van der Waals surface area contributed by atoms with Crippen molar-refractivity contribution in [3.8, 4) is 0 Å². The predicted molar refractivity (Wildman–Crippen MR) is 87.2 cm³/mol. The standard InChI is InChI=1S/C16H24N2O3S/c1-2-3-14-22(20,21)18-11-7-10-17(12-13-18)16(19)15-8-5-4-6-9-15/h4-6,8-9H,2-3,7,10-14H2,1H3. The Hall–Kier alpha value is -1.40. The molecule has 0 unspecified atom stereocenters. The Balaban J connectivity index is 1.99.